The number of hydrogen-bond donors (Lipinski definition) is 1. The largest absolute Gasteiger partial charge is 0.336 e. The van der Waals surface area contributed by atoms with Crippen molar-refractivity contribution in [2.75, 3.05) is 39.3 Å². The lowest BCUT2D eigenvalue weighted by Crippen LogP contribution is -2.62. The topological polar surface area (TPSA) is 35.6 Å². The Bertz CT molecular complexity index is 513. The minimum Gasteiger partial charge on any atom is -0.336 e. The SMILES string of the molecule is O=C(c1cc(Br)ccc1F)N1CCN(C2CNC2)CC1. The van der Waals surface area contributed by atoms with Crippen LogP contribution in [0.5, 0.6) is 0 Å². The lowest BCUT2D eigenvalue weighted by Gasteiger charge is -2.43. The summed E-state index contributed by atoms with van der Waals surface area (Å²) in [5.74, 6) is -0.668. The van der Waals surface area contributed by atoms with Crippen LogP contribution in [-0.2, 0) is 0 Å². The van der Waals surface area contributed by atoms with Crippen LogP contribution in [0.15, 0.2) is 22.7 Å². The molecule has 0 bridgehead atoms. The van der Waals surface area contributed by atoms with Crippen LogP contribution in [0.1, 0.15) is 10.4 Å². The molecule has 108 valence electrons. The summed E-state index contributed by atoms with van der Waals surface area (Å²) >= 11 is 3.28. The van der Waals surface area contributed by atoms with Crippen LogP contribution in [-0.4, -0.2) is 61.0 Å². The van der Waals surface area contributed by atoms with Crippen LogP contribution >= 0.6 is 15.9 Å². The van der Waals surface area contributed by atoms with Gasteiger partial charge >= 0.3 is 0 Å². The summed E-state index contributed by atoms with van der Waals surface area (Å²) in [5.41, 5.74) is 0.151. The third kappa shape index (κ3) is 2.73. The summed E-state index contributed by atoms with van der Waals surface area (Å²) in [6.07, 6.45) is 0. The highest BCUT2D eigenvalue weighted by Crippen LogP contribution is 2.19. The fourth-order valence-electron chi connectivity index (χ4n) is 2.65. The quantitative estimate of drug-likeness (QED) is 0.881. The second-order valence-electron chi connectivity index (χ2n) is 5.26. The summed E-state index contributed by atoms with van der Waals surface area (Å²) in [4.78, 5) is 16.5. The third-order valence-corrected chi connectivity index (χ3v) is 4.53. The van der Waals surface area contributed by atoms with Gasteiger partial charge in [-0.3, -0.25) is 9.69 Å². The fourth-order valence-corrected chi connectivity index (χ4v) is 3.01. The van der Waals surface area contributed by atoms with E-state index in [-0.39, 0.29) is 11.5 Å². The van der Waals surface area contributed by atoms with Crippen molar-refractivity contribution in [2.24, 2.45) is 0 Å². The van der Waals surface area contributed by atoms with Gasteiger partial charge in [0, 0.05) is 49.8 Å². The normalized spacial score (nSPS) is 20.8. The number of nitrogens with one attached hydrogen (secondary N) is 1. The smallest absolute Gasteiger partial charge is 0.256 e. The maximum Gasteiger partial charge on any atom is 0.256 e. The Balaban J connectivity index is 1.65. The number of carbonyl (C=O) groups excluding carboxylic acids is 1. The zero-order valence-electron chi connectivity index (χ0n) is 11.1. The molecule has 1 aromatic carbocycles. The number of amides is 1. The molecule has 1 aromatic rings. The van der Waals surface area contributed by atoms with E-state index in [0.29, 0.717) is 19.1 Å². The van der Waals surface area contributed by atoms with E-state index in [1.807, 2.05) is 0 Å². The molecule has 2 fully saturated rings. The first-order valence-electron chi connectivity index (χ1n) is 6.84. The number of benzene rings is 1. The van der Waals surface area contributed by atoms with Crippen molar-refractivity contribution >= 4 is 21.8 Å². The van der Waals surface area contributed by atoms with Crippen molar-refractivity contribution in [2.45, 2.75) is 6.04 Å². The van der Waals surface area contributed by atoms with Crippen LogP contribution < -0.4 is 5.32 Å². The molecule has 2 heterocycles. The Morgan fingerprint density at radius 3 is 2.55 bits per heavy atom. The molecule has 0 atom stereocenters. The molecule has 4 nitrogen and oxygen atoms in total. The number of carbonyl (C=O) groups is 1. The maximum absolute atomic E-state index is 13.8. The molecule has 3 rings (SSSR count). The van der Waals surface area contributed by atoms with Gasteiger partial charge in [0.2, 0.25) is 0 Å². The molecule has 20 heavy (non-hydrogen) atoms. The van der Waals surface area contributed by atoms with Crippen molar-refractivity contribution in [3.05, 3.63) is 34.1 Å². The summed E-state index contributed by atoms with van der Waals surface area (Å²) < 4.78 is 14.5. The van der Waals surface area contributed by atoms with Gasteiger partial charge in [0.15, 0.2) is 0 Å². The van der Waals surface area contributed by atoms with E-state index in [9.17, 15) is 9.18 Å². The number of halogens is 2. The molecular weight excluding hydrogens is 325 g/mol. The summed E-state index contributed by atoms with van der Waals surface area (Å²) in [5, 5.41) is 3.26. The molecule has 0 unspecified atom stereocenters. The molecule has 1 amide bonds. The molecule has 0 spiro atoms. The molecule has 1 N–H and O–H groups in total. The van der Waals surface area contributed by atoms with E-state index in [2.05, 4.69) is 26.1 Å². The predicted octanol–water partition coefficient (Wildman–Crippen LogP) is 1.32. The van der Waals surface area contributed by atoms with Crippen LogP contribution in [0.3, 0.4) is 0 Å². The number of hydrogen-bond acceptors (Lipinski definition) is 3. The van der Waals surface area contributed by atoms with E-state index >= 15 is 0 Å². The van der Waals surface area contributed by atoms with Gasteiger partial charge in [0.25, 0.3) is 5.91 Å². The molecule has 0 aliphatic carbocycles. The van der Waals surface area contributed by atoms with Crippen LogP contribution in [0, 0.1) is 5.82 Å². The molecule has 2 aliphatic rings. The Morgan fingerprint density at radius 2 is 1.95 bits per heavy atom. The highest BCUT2D eigenvalue weighted by Gasteiger charge is 2.30. The minimum atomic E-state index is -0.455. The lowest BCUT2D eigenvalue weighted by molar-refractivity contribution is 0.0498. The summed E-state index contributed by atoms with van der Waals surface area (Å²) in [6.45, 7) is 5.15. The van der Waals surface area contributed by atoms with E-state index < -0.39 is 5.82 Å². The third-order valence-electron chi connectivity index (χ3n) is 4.04. The van der Waals surface area contributed by atoms with Crippen LogP contribution in [0.2, 0.25) is 0 Å². The van der Waals surface area contributed by atoms with E-state index in [4.69, 9.17) is 0 Å². The monoisotopic (exact) mass is 341 g/mol. The van der Waals surface area contributed by atoms with Gasteiger partial charge in [-0.2, -0.15) is 0 Å². The van der Waals surface area contributed by atoms with Gasteiger partial charge in [-0.15, -0.1) is 0 Å². The summed E-state index contributed by atoms with van der Waals surface area (Å²) in [7, 11) is 0. The van der Waals surface area contributed by atoms with Gasteiger partial charge in [-0.05, 0) is 18.2 Å². The number of rotatable bonds is 2. The Kier molecular flexibility index (Phi) is 4.05. The highest BCUT2D eigenvalue weighted by atomic mass is 79.9. The highest BCUT2D eigenvalue weighted by molar-refractivity contribution is 9.10. The Morgan fingerprint density at radius 1 is 1.25 bits per heavy atom. The predicted molar refractivity (Wildman–Crippen MR) is 78.2 cm³/mol. The zero-order valence-corrected chi connectivity index (χ0v) is 12.7. The van der Waals surface area contributed by atoms with E-state index in [1.54, 1.807) is 17.0 Å². The molecule has 0 saturated carbocycles. The van der Waals surface area contributed by atoms with Crippen molar-refractivity contribution in [1.29, 1.82) is 0 Å². The van der Waals surface area contributed by atoms with Gasteiger partial charge in [-0.1, -0.05) is 15.9 Å². The first-order chi connectivity index (χ1) is 9.65. The maximum atomic E-state index is 13.8. The molecular formula is C14H17BrFN3O. The number of piperazine rings is 1. The van der Waals surface area contributed by atoms with Crippen LogP contribution in [0.4, 0.5) is 4.39 Å². The Hall–Kier alpha value is -0.980. The van der Waals surface area contributed by atoms with E-state index in [0.717, 1.165) is 30.7 Å². The van der Waals surface area contributed by atoms with Crippen molar-refractivity contribution < 1.29 is 9.18 Å². The minimum absolute atomic E-state index is 0.151. The zero-order chi connectivity index (χ0) is 14.1. The molecule has 6 heteroatoms. The summed E-state index contributed by atoms with van der Waals surface area (Å²) in [6, 6.07) is 5.09. The molecule has 2 aliphatic heterocycles. The molecule has 0 radical (unpaired) electrons. The Labute approximate surface area is 126 Å². The second kappa shape index (κ2) is 5.79. The average molecular weight is 342 g/mol. The average Bonchev–Trinajstić information content (AvgIpc) is 2.40. The van der Waals surface area contributed by atoms with Gasteiger partial charge in [-0.25, -0.2) is 4.39 Å². The van der Waals surface area contributed by atoms with Crippen LogP contribution in [0.25, 0.3) is 0 Å². The van der Waals surface area contributed by atoms with Crippen molar-refractivity contribution in [3.63, 3.8) is 0 Å². The molecule has 0 aromatic heterocycles. The molecule has 2 saturated heterocycles. The standard InChI is InChI=1S/C14H17BrFN3O/c15-10-1-2-13(16)12(7-10)14(20)19-5-3-18(4-6-19)11-8-17-9-11/h1-2,7,11,17H,3-6,8-9H2. The van der Waals surface area contributed by atoms with Gasteiger partial charge in [0.1, 0.15) is 5.82 Å². The van der Waals surface area contributed by atoms with E-state index in [1.165, 1.54) is 6.07 Å². The number of nitrogens with zero attached hydrogens (tertiary/aromatic N) is 2. The van der Waals surface area contributed by atoms with Gasteiger partial charge in [0.05, 0.1) is 5.56 Å². The fraction of sp³-hybridized carbons (Fsp3) is 0.500. The first-order valence-corrected chi connectivity index (χ1v) is 7.63. The van der Waals surface area contributed by atoms with Gasteiger partial charge < -0.3 is 10.2 Å². The van der Waals surface area contributed by atoms with Crippen molar-refractivity contribution in [1.82, 2.24) is 15.1 Å². The first kappa shape index (κ1) is 14.0. The van der Waals surface area contributed by atoms with Crippen molar-refractivity contribution in [3.8, 4) is 0 Å². The lowest BCUT2D eigenvalue weighted by atomic mass is 10.1. The second-order valence-corrected chi connectivity index (χ2v) is 6.18.